The van der Waals surface area contributed by atoms with E-state index in [1.807, 2.05) is 43.3 Å². The number of anilines is 2. The van der Waals surface area contributed by atoms with Gasteiger partial charge in [0.05, 0.1) is 18.8 Å². The normalized spacial score (nSPS) is 19.4. The van der Waals surface area contributed by atoms with Crippen LogP contribution in [0.25, 0.3) is 5.57 Å². The fourth-order valence-electron chi connectivity index (χ4n) is 4.82. The number of ether oxygens (including phenoxy) is 1. The number of morpholine rings is 1. The van der Waals surface area contributed by atoms with E-state index in [0.717, 1.165) is 43.0 Å². The van der Waals surface area contributed by atoms with Crippen LogP contribution in [0, 0.1) is 6.92 Å². The van der Waals surface area contributed by atoms with Gasteiger partial charge in [-0.3, -0.25) is 19.4 Å². The Hall–Kier alpha value is -3.16. The van der Waals surface area contributed by atoms with E-state index < -0.39 is 0 Å². The van der Waals surface area contributed by atoms with E-state index in [1.54, 1.807) is 0 Å². The first-order valence-electron chi connectivity index (χ1n) is 12.2. The third-order valence-electron chi connectivity index (χ3n) is 6.86. The molecule has 7 heteroatoms. The van der Waals surface area contributed by atoms with Crippen molar-refractivity contribution < 1.29 is 14.3 Å². The Labute approximate surface area is 201 Å². The first kappa shape index (κ1) is 22.6. The molecule has 0 unspecified atom stereocenters. The van der Waals surface area contributed by atoms with Crippen molar-refractivity contribution in [3.63, 3.8) is 0 Å². The zero-order chi connectivity index (χ0) is 23.5. The van der Waals surface area contributed by atoms with Crippen LogP contribution in [0.5, 0.6) is 0 Å². The van der Waals surface area contributed by atoms with Gasteiger partial charge in [0.1, 0.15) is 5.70 Å². The number of rotatable bonds is 7. The fraction of sp³-hybridized carbons (Fsp3) is 0.407. The van der Waals surface area contributed by atoms with Crippen molar-refractivity contribution in [1.82, 2.24) is 9.80 Å². The lowest BCUT2D eigenvalue weighted by molar-refractivity contribution is -0.137. The molecule has 2 fully saturated rings. The minimum absolute atomic E-state index is 0.238. The quantitative estimate of drug-likeness (QED) is 0.641. The van der Waals surface area contributed by atoms with Crippen molar-refractivity contribution in [2.45, 2.75) is 19.8 Å². The number of nitrogens with one attached hydrogen (secondary N) is 1. The minimum atomic E-state index is -0.266. The molecule has 2 aromatic rings. The molecule has 2 saturated heterocycles. The number of benzene rings is 2. The molecule has 0 bridgehead atoms. The lowest BCUT2D eigenvalue weighted by Crippen LogP contribution is -2.43. The van der Waals surface area contributed by atoms with Gasteiger partial charge < -0.3 is 15.0 Å². The van der Waals surface area contributed by atoms with Gasteiger partial charge in [0.15, 0.2) is 0 Å². The molecule has 0 spiro atoms. The molecule has 5 rings (SSSR count). The van der Waals surface area contributed by atoms with Crippen LogP contribution < -0.4 is 10.2 Å². The van der Waals surface area contributed by atoms with E-state index in [-0.39, 0.29) is 11.8 Å². The second-order valence-electron chi connectivity index (χ2n) is 9.20. The molecular formula is C27H32N4O3. The Morgan fingerprint density at radius 1 is 0.824 bits per heavy atom. The number of imide groups is 1. The highest BCUT2D eigenvalue weighted by Gasteiger charge is 2.39. The largest absolute Gasteiger partial charge is 0.379 e. The molecule has 0 saturated carbocycles. The van der Waals surface area contributed by atoms with E-state index in [4.69, 9.17) is 4.74 Å². The Kier molecular flexibility index (Phi) is 6.65. The lowest BCUT2D eigenvalue weighted by Gasteiger charge is -2.28. The number of carbonyl (C=O) groups excluding carboxylic acids is 2. The highest BCUT2D eigenvalue weighted by atomic mass is 16.5. The van der Waals surface area contributed by atoms with Gasteiger partial charge in [-0.15, -0.1) is 0 Å². The summed E-state index contributed by atoms with van der Waals surface area (Å²) in [5.41, 5.74) is 4.65. The predicted molar refractivity (Wildman–Crippen MR) is 134 cm³/mol. The number of amides is 2. The highest BCUT2D eigenvalue weighted by molar-refractivity contribution is 6.36. The second kappa shape index (κ2) is 9.99. The van der Waals surface area contributed by atoms with Gasteiger partial charge in [-0.05, 0) is 49.6 Å². The number of hydrogen-bond donors (Lipinski definition) is 1. The summed E-state index contributed by atoms with van der Waals surface area (Å²) in [7, 11) is 0. The Balaban J connectivity index is 1.39. The van der Waals surface area contributed by atoms with Crippen LogP contribution in [-0.4, -0.2) is 74.1 Å². The van der Waals surface area contributed by atoms with Crippen molar-refractivity contribution >= 4 is 28.8 Å². The van der Waals surface area contributed by atoms with Gasteiger partial charge in [-0.2, -0.15) is 0 Å². The molecule has 3 aliphatic rings. The van der Waals surface area contributed by atoms with Crippen molar-refractivity contribution in [2.24, 2.45) is 0 Å². The number of carbonyl (C=O) groups is 2. The number of hydrogen-bond acceptors (Lipinski definition) is 6. The van der Waals surface area contributed by atoms with Gasteiger partial charge in [-0.25, -0.2) is 0 Å². The highest BCUT2D eigenvalue weighted by Crippen LogP contribution is 2.31. The fourth-order valence-corrected chi connectivity index (χ4v) is 4.82. The second-order valence-corrected chi connectivity index (χ2v) is 9.20. The summed E-state index contributed by atoms with van der Waals surface area (Å²) >= 11 is 0. The SMILES string of the molecule is Cc1ccc(C2=C(Nc3ccc(N4CCCC4)cc3)C(=O)N(CCN3CCOCC3)C2=O)cc1. The first-order valence-corrected chi connectivity index (χ1v) is 12.2. The van der Waals surface area contributed by atoms with Crippen LogP contribution >= 0.6 is 0 Å². The molecule has 3 heterocycles. The van der Waals surface area contributed by atoms with E-state index in [0.29, 0.717) is 37.6 Å². The predicted octanol–water partition coefficient (Wildman–Crippen LogP) is 3.12. The smallest absolute Gasteiger partial charge is 0.278 e. The van der Waals surface area contributed by atoms with Crippen LogP contribution in [0.2, 0.25) is 0 Å². The average molecular weight is 461 g/mol. The van der Waals surface area contributed by atoms with Crippen LogP contribution in [0.3, 0.4) is 0 Å². The Morgan fingerprint density at radius 3 is 2.18 bits per heavy atom. The van der Waals surface area contributed by atoms with Gasteiger partial charge in [0.2, 0.25) is 0 Å². The van der Waals surface area contributed by atoms with Crippen molar-refractivity contribution in [2.75, 3.05) is 62.7 Å². The van der Waals surface area contributed by atoms with Gasteiger partial charge in [0, 0.05) is 50.6 Å². The molecule has 34 heavy (non-hydrogen) atoms. The maximum atomic E-state index is 13.5. The van der Waals surface area contributed by atoms with Crippen LogP contribution in [0.1, 0.15) is 24.0 Å². The summed E-state index contributed by atoms with van der Waals surface area (Å²) in [6.07, 6.45) is 2.45. The topological polar surface area (TPSA) is 65.1 Å². The summed E-state index contributed by atoms with van der Waals surface area (Å²) in [5.74, 6) is -0.504. The van der Waals surface area contributed by atoms with E-state index in [2.05, 4.69) is 27.2 Å². The zero-order valence-electron chi connectivity index (χ0n) is 19.8. The maximum absolute atomic E-state index is 13.5. The van der Waals surface area contributed by atoms with E-state index >= 15 is 0 Å². The third kappa shape index (κ3) is 4.72. The minimum Gasteiger partial charge on any atom is -0.379 e. The first-order chi connectivity index (χ1) is 16.6. The summed E-state index contributed by atoms with van der Waals surface area (Å²) < 4.78 is 5.41. The standard InChI is InChI=1S/C27H32N4O3/c1-20-4-6-21(7-5-20)24-25(28-22-8-10-23(11-9-22)30-12-2-3-13-30)27(33)31(26(24)32)15-14-29-16-18-34-19-17-29/h4-11,28H,2-3,12-19H2,1H3. The van der Waals surface area contributed by atoms with Crippen LogP contribution in [0.15, 0.2) is 54.2 Å². The zero-order valence-corrected chi connectivity index (χ0v) is 19.8. The molecule has 0 aliphatic carbocycles. The maximum Gasteiger partial charge on any atom is 0.278 e. The van der Waals surface area contributed by atoms with Crippen molar-refractivity contribution in [1.29, 1.82) is 0 Å². The molecular weight excluding hydrogens is 428 g/mol. The molecule has 0 radical (unpaired) electrons. The summed E-state index contributed by atoms with van der Waals surface area (Å²) in [4.78, 5) is 32.9. The Morgan fingerprint density at radius 2 is 1.50 bits per heavy atom. The van der Waals surface area contributed by atoms with Gasteiger partial charge >= 0.3 is 0 Å². The number of aryl methyl sites for hydroxylation is 1. The molecule has 178 valence electrons. The molecule has 0 aromatic heterocycles. The monoisotopic (exact) mass is 460 g/mol. The molecule has 7 nitrogen and oxygen atoms in total. The summed E-state index contributed by atoms with van der Waals surface area (Å²) in [5, 5.41) is 3.29. The number of nitrogens with zero attached hydrogens (tertiary/aromatic N) is 3. The summed E-state index contributed by atoms with van der Waals surface area (Å²) in [6.45, 7) is 8.22. The van der Waals surface area contributed by atoms with E-state index in [9.17, 15) is 9.59 Å². The Bertz CT molecular complexity index is 1070. The van der Waals surface area contributed by atoms with Crippen LogP contribution in [-0.2, 0) is 14.3 Å². The summed E-state index contributed by atoms with van der Waals surface area (Å²) in [6, 6.07) is 15.9. The molecule has 2 amide bonds. The van der Waals surface area contributed by atoms with Crippen molar-refractivity contribution in [3.05, 3.63) is 65.4 Å². The van der Waals surface area contributed by atoms with Gasteiger partial charge in [-0.1, -0.05) is 29.8 Å². The molecule has 0 atom stereocenters. The third-order valence-corrected chi connectivity index (χ3v) is 6.86. The van der Waals surface area contributed by atoms with E-state index in [1.165, 1.54) is 23.4 Å². The average Bonchev–Trinajstić information content (AvgIpc) is 3.48. The molecule has 1 N–H and O–H groups in total. The lowest BCUT2D eigenvalue weighted by atomic mass is 10.0. The molecule has 3 aliphatic heterocycles. The van der Waals surface area contributed by atoms with Crippen LogP contribution in [0.4, 0.5) is 11.4 Å². The van der Waals surface area contributed by atoms with Crippen molar-refractivity contribution in [3.8, 4) is 0 Å². The van der Waals surface area contributed by atoms with Gasteiger partial charge in [0.25, 0.3) is 11.8 Å². The molecule has 2 aromatic carbocycles.